The van der Waals surface area contributed by atoms with Crippen molar-refractivity contribution in [3.8, 4) is 11.5 Å². The molecule has 0 aliphatic carbocycles. The number of nitrogens with two attached hydrogens (primary N) is 1. The molecule has 4 heterocycles. The minimum absolute atomic E-state index is 0.264. The Balaban J connectivity index is 1.66. The van der Waals surface area contributed by atoms with Crippen molar-refractivity contribution in [3.05, 3.63) is 47.8 Å². The second kappa shape index (κ2) is 7.29. The van der Waals surface area contributed by atoms with Crippen LogP contribution < -0.4 is 10.6 Å². The van der Waals surface area contributed by atoms with Gasteiger partial charge in [-0.2, -0.15) is 0 Å². The number of imidazole rings is 1. The molecule has 1 saturated heterocycles. The third kappa shape index (κ3) is 3.34. The molecule has 4 rings (SSSR count). The number of anilines is 1. The van der Waals surface area contributed by atoms with Gasteiger partial charge in [0.1, 0.15) is 22.8 Å². The molecule has 0 spiro atoms. The molecule has 3 aromatic rings. The first-order valence-corrected chi connectivity index (χ1v) is 8.68. The lowest BCUT2D eigenvalue weighted by atomic mass is 10.1. The molecule has 0 saturated carbocycles. The fourth-order valence-corrected chi connectivity index (χ4v) is 3.13. The molecular weight excluding hydrogens is 368 g/mol. The Morgan fingerprint density at radius 3 is 3.04 bits per heavy atom. The molecule has 138 valence electrons. The summed E-state index contributed by atoms with van der Waals surface area (Å²) >= 11 is 6.00. The van der Waals surface area contributed by atoms with Crippen LogP contribution in [0.4, 0.5) is 5.82 Å². The Morgan fingerprint density at radius 2 is 2.22 bits per heavy atom. The van der Waals surface area contributed by atoms with Crippen molar-refractivity contribution >= 4 is 29.3 Å². The lowest BCUT2D eigenvalue weighted by Gasteiger charge is -2.34. The molecule has 1 fully saturated rings. The van der Waals surface area contributed by atoms with Gasteiger partial charge in [-0.15, -0.1) is 0 Å². The Bertz CT molecular complexity index is 1020. The van der Waals surface area contributed by atoms with Crippen LogP contribution >= 0.6 is 11.6 Å². The highest BCUT2D eigenvalue weighted by Gasteiger charge is 2.24. The van der Waals surface area contributed by atoms with Crippen LogP contribution in [0.5, 0.6) is 0 Å². The lowest BCUT2D eigenvalue weighted by Crippen LogP contribution is -2.44. The maximum atomic E-state index is 7.47. The molecule has 3 N–H and O–H groups in total. The number of halogens is 1. The van der Waals surface area contributed by atoms with Crippen LogP contribution in [0.3, 0.4) is 0 Å². The van der Waals surface area contributed by atoms with Crippen molar-refractivity contribution in [1.82, 2.24) is 24.3 Å². The van der Waals surface area contributed by atoms with Crippen LogP contribution in [0.25, 0.3) is 17.2 Å². The summed E-state index contributed by atoms with van der Waals surface area (Å²) in [5.41, 5.74) is 7.62. The van der Waals surface area contributed by atoms with Gasteiger partial charge in [0.05, 0.1) is 19.0 Å². The second-order valence-electron chi connectivity index (χ2n) is 5.94. The molecule has 10 heteroatoms. The normalized spacial score (nSPS) is 18.0. The minimum Gasteiger partial charge on any atom is -0.404 e. The standard InChI is InChI=1S/C17H17ClN8O/c18-14-10-26-12(7-23-16(26)8-22-14)17-21-2-1-15(24-17)25-3-4-27-13(9-25)11(5-19)6-20/h1-2,5-8,10,13,19H,3-4,9,20H2/b11-6+,19-5?. The van der Waals surface area contributed by atoms with Crippen molar-refractivity contribution in [3.63, 3.8) is 0 Å². The lowest BCUT2D eigenvalue weighted by molar-refractivity contribution is 0.0676. The van der Waals surface area contributed by atoms with Gasteiger partial charge in [0, 0.05) is 43.5 Å². The Kier molecular flexibility index (Phi) is 4.69. The van der Waals surface area contributed by atoms with E-state index in [1.165, 1.54) is 12.4 Å². The number of rotatable bonds is 4. The van der Waals surface area contributed by atoms with E-state index in [1.807, 2.05) is 6.07 Å². The highest BCUT2D eigenvalue weighted by molar-refractivity contribution is 6.29. The van der Waals surface area contributed by atoms with Gasteiger partial charge in [0.15, 0.2) is 11.5 Å². The van der Waals surface area contributed by atoms with Crippen molar-refractivity contribution in [1.29, 1.82) is 5.41 Å². The monoisotopic (exact) mass is 384 g/mol. The number of morpholine rings is 1. The smallest absolute Gasteiger partial charge is 0.180 e. The molecule has 1 unspecified atom stereocenters. The van der Waals surface area contributed by atoms with Crippen LogP contribution in [0.2, 0.25) is 5.15 Å². The average Bonchev–Trinajstić information content (AvgIpc) is 3.12. The van der Waals surface area contributed by atoms with Gasteiger partial charge in [-0.25, -0.2) is 19.9 Å². The maximum Gasteiger partial charge on any atom is 0.180 e. The largest absolute Gasteiger partial charge is 0.404 e. The molecule has 27 heavy (non-hydrogen) atoms. The van der Waals surface area contributed by atoms with Gasteiger partial charge in [-0.3, -0.25) is 4.40 Å². The highest BCUT2D eigenvalue weighted by atomic mass is 35.5. The molecule has 1 aliphatic heterocycles. The molecule has 1 atom stereocenters. The number of hydrogen-bond donors (Lipinski definition) is 2. The summed E-state index contributed by atoms with van der Waals surface area (Å²) in [5.74, 6) is 1.30. The maximum absolute atomic E-state index is 7.47. The first-order chi connectivity index (χ1) is 13.2. The fraction of sp³-hybridized carbons (Fsp3) is 0.235. The molecular formula is C17H17ClN8O. The Morgan fingerprint density at radius 1 is 1.33 bits per heavy atom. The molecule has 9 nitrogen and oxygen atoms in total. The van der Waals surface area contributed by atoms with E-state index in [0.717, 1.165) is 11.5 Å². The van der Waals surface area contributed by atoms with E-state index in [0.29, 0.717) is 41.9 Å². The number of hydrogen-bond acceptors (Lipinski definition) is 8. The Hall–Kier alpha value is -3.04. The molecule has 0 bridgehead atoms. The third-order valence-electron chi connectivity index (χ3n) is 4.36. The number of fused-ring (bicyclic) bond motifs is 1. The van der Waals surface area contributed by atoms with Crippen LogP contribution in [-0.2, 0) is 4.74 Å². The summed E-state index contributed by atoms with van der Waals surface area (Å²) in [6.07, 6.45) is 9.04. The summed E-state index contributed by atoms with van der Waals surface area (Å²) < 4.78 is 7.53. The molecule has 1 aliphatic rings. The first kappa shape index (κ1) is 17.4. The summed E-state index contributed by atoms with van der Waals surface area (Å²) in [6.45, 7) is 1.76. The van der Waals surface area contributed by atoms with Crippen molar-refractivity contribution < 1.29 is 4.74 Å². The van der Waals surface area contributed by atoms with Gasteiger partial charge < -0.3 is 20.8 Å². The zero-order chi connectivity index (χ0) is 18.8. The zero-order valence-corrected chi connectivity index (χ0v) is 15.0. The van der Waals surface area contributed by atoms with Crippen LogP contribution in [0.1, 0.15) is 0 Å². The predicted octanol–water partition coefficient (Wildman–Crippen LogP) is 1.54. The van der Waals surface area contributed by atoms with Crippen LogP contribution in [-0.4, -0.2) is 56.4 Å². The number of nitrogens with one attached hydrogen (secondary N) is 1. The van der Waals surface area contributed by atoms with E-state index in [-0.39, 0.29) is 6.10 Å². The van der Waals surface area contributed by atoms with Crippen LogP contribution in [0.15, 0.2) is 42.6 Å². The fourth-order valence-electron chi connectivity index (χ4n) is 2.99. The van der Waals surface area contributed by atoms with Crippen LogP contribution in [0, 0.1) is 5.41 Å². The average molecular weight is 385 g/mol. The summed E-state index contributed by atoms with van der Waals surface area (Å²) in [4.78, 5) is 19.5. The van der Waals surface area contributed by atoms with E-state index >= 15 is 0 Å². The van der Waals surface area contributed by atoms with E-state index in [2.05, 4.69) is 19.9 Å². The molecule has 0 radical (unpaired) electrons. The van der Waals surface area contributed by atoms with Gasteiger partial charge >= 0.3 is 0 Å². The SMILES string of the molecule is N=C/C(=C\N)C1CN(c2ccnc(-c3cnc4cnc(Cl)cn34)n2)CCO1. The predicted molar refractivity (Wildman–Crippen MR) is 102 cm³/mol. The summed E-state index contributed by atoms with van der Waals surface area (Å²) in [6, 6.07) is 1.85. The zero-order valence-electron chi connectivity index (χ0n) is 14.3. The van der Waals surface area contributed by atoms with Crippen molar-refractivity contribution in [2.45, 2.75) is 6.10 Å². The van der Waals surface area contributed by atoms with E-state index in [4.69, 9.17) is 32.5 Å². The highest BCUT2D eigenvalue weighted by Crippen LogP contribution is 2.22. The number of nitrogens with zero attached hydrogens (tertiary/aromatic N) is 6. The second-order valence-corrected chi connectivity index (χ2v) is 6.32. The number of aromatic nitrogens is 5. The Labute approximate surface area is 160 Å². The van der Waals surface area contributed by atoms with Gasteiger partial charge in [-0.05, 0) is 6.07 Å². The summed E-state index contributed by atoms with van der Waals surface area (Å²) in [7, 11) is 0. The number of ether oxygens (including phenoxy) is 1. The van der Waals surface area contributed by atoms with Crippen molar-refractivity contribution in [2.24, 2.45) is 5.73 Å². The molecule has 3 aromatic heterocycles. The summed E-state index contributed by atoms with van der Waals surface area (Å²) in [5, 5.41) is 7.83. The van der Waals surface area contributed by atoms with E-state index < -0.39 is 0 Å². The quantitative estimate of drug-likeness (QED) is 0.655. The third-order valence-corrected chi connectivity index (χ3v) is 4.55. The van der Waals surface area contributed by atoms with E-state index in [1.54, 1.807) is 29.2 Å². The first-order valence-electron chi connectivity index (χ1n) is 8.30. The van der Waals surface area contributed by atoms with Crippen molar-refractivity contribution in [2.75, 3.05) is 24.6 Å². The van der Waals surface area contributed by atoms with Gasteiger partial charge in [0.25, 0.3) is 0 Å². The topological polar surface area (TPSA) is 118 Å². The minimum atomic E-state index is -0.264. The van der Waals surface area contributed by atoms with Gasteiger partial charge in [-0.1, -0.05) is 11.6 Å². The van der Waals surface area contributed by atoms with Gasteiger partial charge in [0.2, 0.25) is 0 Å². The van der Waals surface area contributed by atoms with E-state index in [9.17, 15) is 0 Å². The molecule has 0 aromatic carbocycles. The molecule has 0 amide bonds.